The topological polar surface area (TPSA) is 53.6 Å². The third-order valence-corrected chi connectivity index (χ3v) is 5.07. The first-order valence-electron chi connectivity index (χ1n) is 9.14. The molecule has 0 spiro atoms. The van der Waals surface area contributed by atoms with Gasteiger partial charge in [-0.1, -0.05) is 35.9 Å². The molecule has 4 nitrogen and oxygen atoms in total. The van der Waals surface area contributed by atoms with Gasteiger partial charge in [-0.2, -0.15) is 13.2 Å². The van der Waals surface area contributed by atoms with Gasteiger partial charge in [-0.25, -0.2) is 9.97 Å². The maximum atomic E-state index is 12.6. The van der Waals surface area contributed by atoms with E-state index in [0.717, 1.165) is 28.2 Å². The number of hydrogen-bond donors (Lipinski definition) is 2. The van der Waals surface area contributed by atoms with Gasteiger partial charge in [0.25, 0.3) is 0 Å². The fourth-order valence-electron chi connectivity index (χ4n) is 3.29. The molecule has 4 rings (SSSR count). The highest BCUT2D eigenvalue weighted by atomic mass is 35.5. The van der Waals surface area contributed by atoms with Gasteiger partial charge in [0.05, 0.1) is 10.6 Å². The molecule has 150 valence electrons. The highest BCUT2D eigenvalue weighted by Crippen LogP contribution is 2.31. The second kappa shape index (κ2) is 7.91. The second-order valence-electron chi connectivity index (χ2n) is 6.99. The number of nitrogens with zero attached hydrogens (tertiary/aromatic N) is 2. The van der Waals surface area contributed by atoms with Gasteiger partial charge in [0.1, 0.15) is 11.5 Å². The monoisotopic (exact) mass is 418 g/mol. The zero-order chi connectivity index (χ0) is 20.4. The molecule has 1 aliphatic rings. The summed E-state index contributed by atoms with van der Waals surface area (Å²) in [5.74, 6) is 0.697. The minimum Gasteiger partial charge on any atom is -0.369 e. The van der Waals surface area contributed by atoms with Crippen LogP contribution in [0.3, 0.4) is 0 Å². The van der Waals surface area contributed by atoms with Crippen LogP contribution in [0.4, 0.5) is 19.0 Å². The van der Waals surface area contributed by atoms with Gasteiger partial charge in [-0.3, -0.25) is 0 Å². The minimum atomic E-state index is -4.28. The number of hydrogen-bond acceptors (Lipinski definition) is 3. The maximum absolute atomic E-state index is 12.6. The van der Waals surface area contributed by atoms with Gasteiger partial charge >= 0.3 is 6.18 Å². The van der Waals surface area contributed by atoms with E-state index in [-0.39, 0.29) is 5.92 Å². The number of aromatic nitrogens is 3. The lowest BCUT2D eigenvalue weighted by molar-refractivity contribution is -0.0887. The van der Waals surface area contributed by atoms with Crippen LogP contribution < -0.4 is 5.32 Å². The highest BCUT2D eigenvalue weighted by Gasteiger charge is 2.32. The fraction of sp³-hybridized carbons (Fsp3) is 0.238. The Balaban J connectivity index is 1.34. The molecule has 8 heteroatoms. The number of nitrogens with one attached hydrogen (secondary N) is 2. The van der Waals surface area contributed by atoms with Crippen molar-refractivity contribution in [2.45, 2.75) is 19.0 Å². The Morgan fingerprint density at radius 2 is 2.07 bits per heavy atom. The van der Waals surface area contributed by atoms with Gasteiger partial charge in [0.2, 0.25) is 0 Å². The van der Waals surface area contributed by atoms with Gasteiger partial charge in [0, 0.05) is 36.9 Å². The van der Waals surface area contributed by atoms with Crippen LogP contribution in [0.2, 0.25) is 5.02 Å². The van der Waals surface area contributed by atoms with E-state index in [1.807, 2.05) is 24.4 Å². The summed E-state index contributed by atoms with van der Waals surface area (Å²) < 4.78 is 37.9. The van der Waals surface area contributed by atoms with Crippen LogP contribution in [0.25, 0.3) is 11.0 Å². The van der Waals surface area contributed by atoms with Gasteiger partial charge in [-0.05, 0) is 35.6 Å². The van der Waals surface area contributed by atoms with Crippen LogP contribution in [-0.4, -0.2) is 27.7 Å². The number of pyridine rings is 2. The first kappa shape index (κ1) is 19.5. The fourth-order valence-corrected chi connectivity index (χ4v) is 3.45. The van der Waals surface area contributed by atoms with Crippen LogP contribution in [0, 0.1) is 5.92 Å². The van der Waals surface area contributed by atoms with Crippen LogP contribution in [-0.2, 0) is 6.42 Å². The predicted octanol–water partition coefficient (Wildman–Crippen LogP) is 5.68. The van der Waals surface area contributed by atoms with Crippen molar-refractivity contribution in [3.05, 3.63) is 76.7 Å². The van der Waals surface area contributed by atoms with E-state index >= 15 is 0 Å². The third kappa shape index (κ3) is 4.62. The molecule has 3 aromatic heterocycles. The molecule has 3 heterocycles. The Morgan fingerprint density at radius 3 is 2.76 bits per heavy atom. The molecule has 1 atom stereocenters. The average molecular weight is 419 g/mol. The third-order valence-electron chi connectivity index (χ3n) is 4.86. The Bertz CT molecular complexity index is 1070. The second-order valence-corrected chi connectivity index (χ2v) is 7.42. The molecule has 3 aromatic rings. The van der Waals surface area contributed by atoms with Crippen LogP contribution >= 0.6 is 11.6 Å². The molecule has 2 N–H and O–H groups in total. The first-order chi connectivity index (χ1) is 13.9. The zero-order valence-corrected chi connectivity index (χ0v) is 16.1. The molecule has 0 aromatic carbocycles. The lowest BCUT2D eigenvalue weighted by atomic mass is 9.96. The van der Waals surface area contributed by atoms with Crippen molar-refractivity contribution < 1.29 is 13.2 Å². The van der Waals surface area contributed by atoms with Crippen molar-refractivity contribution >= 4 is 28.5 Å². The van der Waals surface area contributed by atoms with E-state index < -0.39 is 11.7 Å². The van der Waals surface area contributed by atoms with Gasteiger partial charge in [0.15, 0.2) is 0 Å². The molecular weight excluding hydrogens is 401 g/mol. The SMILES string of the molecule is FC(F)(F)C1=CCC(CNc2ccc(Cc3c[nH]c4ncc(Cl)cc34)cn2)C=C1. The van der Waals surface area contributed by atoms with Crippen LogP contribution in [0.15, 0.2) is 60.6 Å². The number of alkyl halides is 3. The van der Waals surface area contributed by atoms with Crippen LogP contribution in [0.5, 0.6) is 0 Å². The summed E-state index contributed by atoms with van der Waals surface area (Å²) in [5, 5.41) is 4.75. The van der Waals surface area contributed by atoms with Gasteiger partial charge in [-0.15, -0.1) is 0 Å². The van der Waals surface area contributed by atoms with E-state index in [4.69, 9.17) is 11.6 Å². The molecule has 1 aliphatic carbocycles. The number of H-pyrrole nitrogens is 1. The molecule has 0 radical (unpaired) electrons. The molecule has 29 heavy (non-hydrogen) atoms. The number of fused-ring (bicyclic) bond motifs is 1. The molecule has 0 bridgehead atoms. The van der Waals surface area contributed by atoms with Crippen molar-refractivity contribution in [1.29, 1.82) is 0 Å². The Labute approximate surface area is 170 Å². The van der Waals surface area contributed by atoms with E-state index in [1.165, 1.54) is 6.08 Å². The number of aromatic amines is 1. The summed E-state index contributed by atoms with van der Waals surface area (Å²) in [6.07, 6.45) is 6.06. The van der Waals surface area contributed by atoms with Crippen LogP contribution in [0.1, 0.15) is 17.5 Å². The normalized spacial score (nSPS) is 16.8. The summed E-state index contributed by atoms with van der Waals surface area (Å²) >= 11 is 6.04. The highest BCUT2D eigenvalue weighted by molar-refractivity contribution is 6.31. The summed E-state index contributed by atoms with van der Waals surface area (Å²) in [6, 6.07) is 5.73. The summed E-state index contributed by atoms with van der Waals surface area (Å²) in [7, 11) is 0. The van der Waals surface area contributed by atoms with Crippen molar-refractivity contribution in [1.82, 2.24) is 15.0 Å². The Hall–Kier alpha value is -2.80. The smallest absolute Gasteiger partial charge is 0.369 e. The van der Waals surface area contributed by atoms with Crippen molar-refractivity contribution in [3.63, 3.8) is 0 Å². The maximum Gasteiger partial charge on any atom is 0.416 e. The van der Waals surface area contributed by atoms with Crippen molar-refractivity contribution in [2.24, 2.45) is 5.92 Å². The molecule has 0 saturated heterocycles. The number of anilines is 1. The molecular formula is C21H18ClF3N4. The van der Waals surface area contributed by atoms with Crippen molar-refractivity contribution in [2.75, 3.05) is 11.9 Å². The van der Waals surface area contributed by atoms with E-state index in [2.05, 4.69) is 20.3 Å². The molecule has 0 aliphatic heterocycles. The van der Waals surface area contributed by atoms with Gasteiger partial charge < -0.3 is 10.3 Å². The molecule has 1 unspecified atom stereocenters. The molecule has 0 amide bonds. The largest absolute Gasteiger partial charge is 0.416 e. The van der Waals surface area contributed by atoms with E-state index in [1.54, 1.807) is 18.5 Å². The lowest BCUT2D eigenvalue weighted by Gasteiger charge is -2.18. The molecule has 0 fully saturated rings. The summed E-state index contributed by atoms with van der Waals surface area (Å²) in [6.45, 7) is 0.525. The van der Waals surface area contributed by atoms with Crippen molar-refractivity contribution in [3.8, 4) is 0 Å². The standard InChI is InChI=1S/C21H18ClF3N4/c22-17-8-18-15(11-28-20(18)29-12-17)7-14-3-6-19(27-10-14)26-9-13-1-4-16(5-2-13)21(23,24)25/h1,3-6,8,10-13H,2,7,9H2,(H,26,27)(H,28,29). The number of rotatable bonds is 5. The first-order valence-corrected chi connectivity index (χ1v) is 9.52. The minimum absolute atomic E-state index is 0.00560. The quantitative estimate of drug-likeness (QED) is 0.560. The average Bonchev–Trinajstić information content (AvgIpc) is 3.09. The Kier molecular flexibility index (Phi) is 5.32. The predicted molar refractivity (Wildman–Crippen MR) is 108 cm³/mol. The summed E-state index contributed by atoms with van der Waals surface area (Å²) in [4.78, 5) is 11.8. The number of halogens is 4. The summed E-state index contributed by atoms with van der Waals surface area (Å²) in [5.41, 5.74) is 2.33. The van der Waals surface area contributed by atoms with E-state index in [9.17, 15) is 13.2 Å². The Morgan fingerprint density at radius 1 is 1.21 bits per heavy atom. The zero-order valence-electron chi connectivity index (χ0n) is 15.3. The van der Waals surface area contributed by atoms with E-state index in [0.29, 0.717) is 30.2 Å². The number of allylic oxidation sites excluding steroid dienone is 3. The lowest BCUT2D eigenvalue weighted by Crippen LogP contribution is -2.18. The molecule has 0 saturated carbocycles.